The van der Waals surface area contributed by atoms with Crippen molar-refractivity contribution in [1.29, 1.82) is 0 Å². The molecule has 0 aromatic heterocycles. The summed E-state index contributed by atoms with van der Waals surface area (Å²) in [4.78, 5) is 0. The molecule has 0 bridgehead atoms. The molecule has 0 amide bonds. The first-order chi connectivity index (χ1) is 8.90. The Labute approximate surface area is 115 Å². The molecule has 0 aromatic carbocycles. The maximum absolute atomic E-state index is 10.3. The Morgan fingerprint density at radius 1 is 1.32 bits per heavy atom. The summed E-state index contributed by atoms with van der Waals surface area (Å²) in [5.41, 5.74) is 4.27. The molecule has 0 radical (unpaired) electrons. The first kappa shape index (κ1) is 14.1. The van der Waals surface area contributed by atoms with Crippen LogP contribution in [0.5, 0.6) is 0 Å². The van der Waals surface area contributed by atoms with E-state index in [0.29, 0.717) is 12.3 Å². The van der Waals surface area contributed by atoms with Crippen LogP contribution in [0.15, 0.2) is 46.8 Å². The lowest BCUT2D eigenvalue weighted by Crippen LogP contribution is -2.29. The number of aliphatic hydroxyl groups is 2. The van der Waals surface area contributed by atoms with Crippen molar-refractivity contribution < 1.29 is 10.2 Å². The lowest BCUT2D eigenvalue weighted by atomic mass is 9.71. The number of aliphatic hydroxyl groups excluding tert-OH is 2. The molecule has 2 heteroatoms. The molecule has 0 spiro atoms. The molecule has 0 saturated heterocycles. The van der Waals surface area contributed by atoms with E-state index in [1.807, 2.05) is 13.8 Å². The number of hydrogen-bond donors (Lipinski definition) is 2. The molecule has 19 heavy (non-hydrogen) atoms. The third-order valence-electron chi connectivity index (χ3n) is 4.29. The monoisotopic (exact) mass is 260 g/mol. The summed E-state index contributed by atoms with van der Waals surface area (Å²) in [6.45, 7) is 10.2. The van der Waals surface area contributed by atoms with Crippen molar-refractivity contribution in [3.05, 3.63) is 46.8 Å². The Bertz CT molecular complexity index is 479. The molecule has 2 N–H and O–H groups in total. The minimum absolute atomic E-state index is 0.0885. The first-order valence-electron chi connectivity index (χ1n) is 7.01. The summed E-state index contributed by atoms with van der Waals surface area (Å²) >= 11 is 0. The topological polar surface area (TPSA) is 40.5 Å². The van der Waals surface area contributed by atoms with E-state index in [9.17, 15) is 10.2 Å². The quantitative estimate of drug-likeness (QED) is 0.735. The maximum Gasteiger partial charge on any atom is 0.117 e. The summed E-state index contributed by atoms with van der Waals surface area (Å²) in [6, 6.07) is 0. The third kappa shape index (κ3) is 2.84. The van der Waals surface area contributed by atoms with Crippen molar-refractivity contribution in [2.45, 2.75) is 46.1 Å². The fourth-order valence-corrected chi connectivity index (χ4v) is 3.28. The predicted molar refractivity (Wildman–Crippen MR) is 78.8 cm³/mol. The molecule has 0 fully saturated rings. The van der Waals surface area contributed by atoms with Crippen LogP contribution in [0.1, 0.15) is 40.0 Å². The van der Waals surface area contributed by atoms with E-state index in [1.165, 1.54) is 5.57 Å². The highest BCUT2D eigenvalue weighted by Gasteiger charge is 2.33. The molecule has 0 aliphatic heterocycles. The summed E-state index contributed by atoms with van der Waals surface area (Å²) in [6.07, 6.45) is 6.16. The molecule has 0 heterocycles. The minimum Gasteiger partial charge on any atom is -0.508 e. The van der Waals surface area contributed by atoms with E-state index in [2.05, 4.69) is 19.6 Å². The zero-order chi connectivity index (χ0) is 14.2. The van der Waals surface area contributed by atoms with E-state index in [0.717, 1.165) is 29.6 Å². The second kappa shape index (κ2) is 5.38. The van der Waals surface area contributed by atoms with Crippen LogP contribution in [-0.4, -0.2) is 16.3 Å². The third-order valence-corrected chi connectivity index (χ3v) is 4.29. The normalized spacial score (nSPS) is 31.9. The molecule has 104 valence electrons. The van der Waals surface area contributed by atoms with Crippen LogP contribution in [0.25, 0.3) is 0 Å². The van der Waals surface area contributed by atoms with Crippen LogP contribution in [0, 0.1) is 11.8 Å². The zero-order valence-electron chi connectivity index (χ0n) is 12.1. The molecule has 0 saturated carbocycles. The minimum atomic E-state index is -0.570. The lowest BCUT2D eigenvalue weighted by Gasteiger charge is -2.35. The first-order valence-corrected chi connectivity index (χ1v) is 7.01. The standard InChI is InChI=1S/C17H24O2/c1-10(2)13-6-5-11(3)7-14(13)17-15(18)8-12(4)9-16(17)19/h7-8,13-14,16,18-19H,1,5-6,9H2,2-4H3/t13-,14+,16?/m0/s1. The van der Waals surface area contributed by atoms with Crippen LogP contribution in [-0.2, 0) is 0 Å². The van der Waals surface area contributed by atoms with E-state index in [-0.39, 0.29) is 11.7 Å². The lowest BCUT2D eigenvalue weighted by molar-refractivity contribution is 0.180. The van der Waals surface area contributed by atoms with Gasteiger partial charge in [-0.2, -0.15) is 0 Å². The summed E-state index contributed by atoms with van der Waals surface area (Å²) in [5, 5.41) is 20.6. The van der Waals surface area contributed by atoms with Gasteiger partial charge < -0.3 is 10.2 Å². The van der Waals surface area contributed by atoms with Crippen LogP contribution in [0.4, 0.5) is 0 Å². The van der Waals surface area contributed by atoms with Crippen molar-refractivity contribution in [1.82, 2.24) is 0 Å². The molecule has 1 unspecified atom stereocenters. The molecule has 0 aromatic rings. The number of rotatable bonds is 2. The summed E-state index contributed by atoms with van der Waals surface area (Å²) in [5.74, 6) is 0.659. The highest BCUT2D eigenvalue weighted by molar-refractivity contribution is 5.37. The predicted octanol–water partition coefficient (Wildman–Crippen LogP) is 4.06. The van der Waals surface area contributed by atoms with Gasteiger partial charge in [0.1, 0.15) is 5.76 Å². The van der Waals surface area contributed by atoms with Crippen molar-refractivity contribution in [3.63, 3.8) is 0 Å². The van der Waals surface area contributed by atoms with Gasteiger partial charge in [-0.25, -0.2) is 0 Å². The fraction of sp³-hybridized carbons (Fsp3) is 0.529. The fourth-order valence-electron chi connectivity index (χ4n) is 3.28. The summed E-state index contributed by atoms with van der Waals surface area (Å²) in [7, 11) is 0. The van der Waals surface area contributed by atoms with Crippen molar-refractivity contribution in [2.24, 2.45) is 11.8 Å². The van der Waals surface area contributed by atoms with Gasteiger partial charge in [-0.3, -0.25) is 0 Å². The van der Waals surface area contributed by atoms with Gasteiger partial charge in [-0.1, -0.05) is 29.4 Å². The Hall–Kier alpha value is -1.28. The Kier molecular flexibility index (Phi) is 4.00. The average Bonchev–Trinajstić information content (AvgIpc) is 2.27. The van der Waals surface area contributed by atoms with Crippen LogP contribution in [0.2, 0.25) is 0 Å². The summed E-state index contributed by atoms with van der Waals surface area (Å²) < 4.78 is 0. The van der Waals surface area contributed by atoms with Gasteiger partial charge in [0, 0.05) is 11.5 Å². The van der Waals surface area contributed by atoms with Crippen LogP contribution in [0.3, 0.4) is 0 Å². The molecule has 2 aliphatic carbocycles. The van der Waals surface area contributed by atoms with Crippen molar-refractivity contribution in [3.8, 4) is 0 Å². The second-order valence-electron chi connectivity index (χ2n) is 6.08. The molecule has 2 nitrogen and oxygen atoms in total. The zero-order valence-corrected chi connectivity index (χ0v) is 12.1. The molecule has 3 atom stereocenters. The number of allylic oxidation sites excluding steroid dienone is 4. The van der Waals surface area contributed by atoms with E-state index >= 15 is 0 Å². The molecular weight excluding hydrogens is 236 g/mol. The van der Waals surface area contributed by atoms with Crippen LogP contribution >= 0.6 is 0 Å². The van der Waals surface area contributed by atoms with Gasteiger partial charge in [0.05, 0.1) is 6.10 Å². The van der Waals surface area contributed by atoms with Gasteiger partial charge in [-0.05, 0) is 52.0 Å². The van der Waals surface area contributed by atoms with Gasteiger partial charge in [-0.15, -0.1) is 0 Å². The van der Waals surface area contributed by atoms with E-state index < -0.39 is 6.10 Å². The average molecular weight is 260 g/mol. The van der Waals surface area contributed by atoms with E-state index in [1.54, 1.807) is 6.08 Å². The number of hydrogen-bond acceptors (Lipinski definition) is 2. The maximum atomic E-state index is 10.3. The molecule has 2 aliphatic rings. The van der Waals surface area contributed by atoms with Crippen molar-refractivity contribution in [2.75, 3.05) is 0 Å². The van der Waals surface area contributed by atoms with Crippen molar-refractivity contribution >= 4 is 0 Å². The highest BCUT2D eigenvalue weighted by Crippen LogP contribution is 2.41. The van der Waals surface area contributed by atoms with Gasteiger partial charge in [0.15, 0.2) is 0 Å². The largest absolute Gasteiger partial charge is 0.508 e. The van der Waals surface area contributed by atoms with Gasteiger partial charge >= 0.3 is 0 Å². The Balaban J connectivity index is 2.44. The smallest absolute Gasteiger partial charge is 0.117 e. The van der Waals surface area contributed by atoms with Gasteiger partial charge in [0.25, 0.3) is 0 Å². The molecular formula is C17H24O2. The van der Waals surface area contributed by atoms with Crippen LogP contribution < -0.4 is 0 Å². The SMILES string of the molecule is C=C(C)[C@@H]1CCC(C)=C[C@H]1C1=C(O)C=C(C)CC1O. The Morgan fingerprint density at radius 3 is 2.58 bits per heavy atom. The highest BCUT2D eigenvalue weighted by atomic mass is 16.3. The molecule has 2 rings (SSSR count). The second-order valence-corrected chi connectivity index (χ2v) is 6.08. The Morgan fingerprint density at radius 2 is 2.00 bits per heavy atom. The van der Waals surface area contributed by atoms with Gasteiger partial charge in [0.2, 0.25) is 0 Å². The van der Waals surface area contributed by atoms with E-state index in [4.69, 9.17) is 0 Å².